The quantitative estimate of drug-likeness (QED) is 0.227. The standard InChI is InChI=1S/C34H30ClFN4O3/c35-30-18-25(23-7-9-24(10-8-23)34(42)40-15-14-27(36)21-40)16-26-17-29(43-33(26)30)11-13-32(41)38-20-22-6-12-31(37-19-22)39-28-4-2-1-3-5-28/h1-13,16,18-19,27,29H,14-15,17,20-21H2,(H,37,39)(H,38,41)/t27-,29?/m0/s1. The Kier molecular flexibility index (Phi) is 8.38. The summed E-state index contributed by atoms with van der Waals surface area (Å²) >= 11 is 6.57. The number of benzene rings is 3. The number of halogens is 2. The molecule has 2 N–H and O–H groups in total. The van der Waals surface area contributed by atoms with Gasteiger partial charge in [-0.15, -0.1) is 0 Å². The van der Waals surface area contributed by atoms with Gasteiger partial charge in [0.05, 0.1) is 11.6 Å². The lowest BCUT2D eigenvalue weighted by atomic mass is 9.99. The third-order valence-corrected chi connectivity index (χ3v) is 7.77. The first-order valence-electron chi connectivity index (χ1n) is 14.2. The molecule has 2 amide bonds. The molecule has 7 nitrogen and oxygen atoms in total. The van der Waals surface area contributed by atoms with Gasteiger partial charge in [-0.3, -0.25) is 9.59 Å². The van der Waals surface area contributed by atoms with E-state index in [0.29, 0.717) is 42.3 Å². The molecule has 1 unspecified atom stereocenters. The van der Waals surface area contributed by atoms with Crippen LogP contribution in [0.2, 0.25) is 5.02 Å². The predicted molar refractivity (Wildman–Crippen MR) is 165 cm³/mol. The smallest absolute Gasteiger partial charge is 0.253 e. The Morgan fingerprint density at radius 3 is 2.58 bits per heavy atom. The maximum absolute atomic E-state index is 13.5. The zero-order chi connectivity index (χ0) is 29.8. The molecular formula is C34H30ClFN4O3. The van der Waals surface area contributed by atoms with Crippen molar-refractivity contribution in [1.29, 1.82) is 0 Å². The number of nitrogens with one attached hydrogen (secondary N) is 2. The van der Waals surface area contributed by atoms with Crippen LogP contribution in [-0.4, -0.2) is 47.1 Å². The normalized spacial score (nSPS) is 17.5. The van der Waals surface area contributed by atoms with Crippen LogP contribution in [0.3, 0.4) is 0 Å². The summed E-state index contributed by atoms with van der Waals surface area (Å²) in [6, 6.07) is 24.7. The lowest BCUT2D eigenvalue weighted by molar-refractivity contribution is -0.116. The number of pyridine rings is 1. The van der Waals surface area contributed by atoms with Crippen molar-refractivity contribution in [1.82, 2.24) is 15.2 Å². The number of hydrogen-bond donors (Lipinski definition) is 2. The van der Waals surface area contributed by atoms with Crippen molar-refractivity contribution in [2.45, 2.75) is 31.7 Å². The van der Waals surface area contributed by atoms with Gasteiger partial charge in [0.2, 0.25) is 5.91 Å². The molecule has 2 atom stereocenters. The van der Waals surface area contributed by atoms with Gasteiger partial charge in [-0.2, -0.15) is 0 Å². The maximum atomic E-state index is 13.5. The first-order valence-corrected chi connectivity index (χ1v) is 14.5. The number of para-hydroxylation sites is 1. The summed E-state index contributed by atoms with van der Waals surface area (Å²) in [5.41, 5.74) is 5.12. The average molecular weight is 597 g/mol. The van der Waals surface area contributed by atoms with Crippen LogP contribution in [0.15, 0.2) is 97.2 Å². The molecule has 1 aromatic heterocycles. The number of fused-ring (bicyclic) bond motifs is 1. The van der Waals surface area contributed by atoms with Crippen LogP contribution in [0, 0.1) is 0 Å². The van der Waals surface area contributed by atoms with Gasteiger partial charge >= 0.3 is 0 Å². The van der Waals surface area contributed by atoms with E-state index in [9.17, 15) is 14.0 Å². The van der Waals surface area contributed by atoms with E-state index in [1.165, 1.54) is 6.08 Å². The zero-order valence-electron chi connectivity index (χ0n) is 23.3. The highest BCUT2D eigenvalue weighted by molar-refractivity contribution is 6.32. The lowest BCUT2D eigenvalue weighted by Gasteiger charge is -2.15. The number of alkyl halides is 1. The summed E-state index contributed by atoms with van der Waals surface area (Å²) < 4.78 is 19.5. The number of carbonyl (C=O) groups is 2. The van der Waals surface area contributed by atoms with E-state index in [1.807, 2.05) is 66.7 Å². The number of aromatic nitrogens is 1. The van der Waals surface area contributed by atoms with Gasteiger partial charge in [0.1, 0.15) is 23.8 Å². The fraction of sp³-hybridized carbons (Fsp3) is 0.206. The summed E-state index contributed by atoms with van der Waals surface area (Å²) in [7, 11) is 0. The van der Waals surface area contributed by atoms with E-state index in [0.717, 1.165) is 33.8 Å². The van der Waals surface area contributed by atoms with Gasteiger partial charge in [-0.25, -0.2) is 9.37 Å². The molecule has 6 rings (SSSR count). The van der Waals surface area contributed by atoms with Crippen LogP contribution in [-0.2, 0) is 17.8 Å². The van der Waals surface area contributed by atoms with E-state index < -0.39 is 6.17 Å². The topological polar surface area (TPSA) is 83.6 Å². The molecule has 0 radical (unpaired) electrons. The molecule has 43 heavy (non-hydrogen) atoms. The Morgan fingerprint density at radius 2 is 1.86 bits per heavy atom. The zero-order valence-corrected chi connectivity index (χ0v) is 24.1. The maximum Gasteiger partial charge on any atom is 0.253 e. The summed E-state index contributed by atoms with van der Waals surface area (Å²) in [6.07, 6.45) is 4.63. The van der Waals surface area contributed by atoms with Crippen molar-refractivity contribution in [3.05, 3.63) is 119 Å². The van der Waals surface area contributed by atoms with E-state index in [1.54, 1.807) is 29.3 Å². The number of carbonyl (C=O) groups excluding carboxylic acids is 2. The highest BCUT2D eigenvalue weighted by atomic mass is 35.5. The fourth-order valence-corrected chi connectivity index (χ4v) is 5.51. The Morgan fingerprint density at radius 1 is 1.05 bits per heavy atom. The molecule has 0 aliphatic carbocycles. The molecule has 0 spiro atoms. The molecule has 2 aliphatic rings. The van der Waals surface area contributed by atoms with Gasteiger partial charge in [-0.05, 0) is 71.7 Å². The van der Waals surface area contributed by atoms with E-state index >= 15 is 0 Å². The molecule has 2 aliphatic heterocycles. The fourth-order valence-electron chi connectivity index (χ4n) is 5.22. The minimum absolute atomic E-state index is 0.150. The molecular weight excluding hydrogens is 567 g/mol. The molecule has 218 valence electrons. The largest absolute Gasteiger partial charge is 0.484 e. The van der Waals surface area contributed by atoms with Gasteiger partial charge < -0.3 is 20.3 Å². The van der Waals surface area contributed by atoms with Crippen LogP contribution in [0.1, 0.15) is 27.9 Å². The number of likely N-dealkylation sites (tertiary alicyclic amines) is 1. The van der Waals surface area contributed by atoms with Crippen molar-refractivity contribution in [2.75, 3.05) is 18.4 Å². The van der Waals surface area contributed by atoms with Crippen LogP contribution < -0.4 is 15.4 Å². The summed E-state index contributed by atoms with van der Waals surface area (Å²) in [4.78, 5) is 31.1. The third kappa shape index (κ3) is 6.87. The highest BCUT2D eigenvalue weighted by Crippen LogP contribution is 2.40. The first kappa shape index (κ1) is 28.4. The number of ether oxygens (including phenoxy) is 1. The number of anilines is 2. The van der Waals surface area contributed by atoms with Gasteiger partial charge in [0.15, 0.2) is 0 Å². The Balaban J connectivity index is 1.02. The molecule has 1 saturated heterocycles. The first-order chi connectivity index (χ1) is 20.9. The monoisotopic (exact) mass is 596 g/mol. The van der Waals surface area contributed by atoms with E-state index in [-0.39, 0.29) is 24.5 Å². The molecule has 1 fully saturated rings. The third-order valence-electron chi connectivity index (χ3n) is 7.49. The molecule has 3 aromatic carbocycles. The minimum atomic E-state index is -0.948. The van der Waals surface area contributed by atoms with Crippen LogP contribution in [0.5, 0.6) is 5.75 Å². The average Bonchev–Trinajstić information content (AvgIpc) is 3.66. The van der Waals surface area contributed by atoms with Crippen LogP contribution >= 0.6 is 11.6 Å². The SMILES string of the molecule is O=C(C=CC1Cc2cc(-c3ccc(C(=O)N4CC[C@H](F)C4)cc3)cc(Cl)c2O1)NCc1ccc(Nc2ccccc2)nc1. The van der Waals surface area contributed by atoms with Gasteiger partial charge in [0.25, 0.3) is 5.91 Å². The Bertz CT molecular complexity index is 1650. The van der Waals surface area contributed by atoms with Crippen molar-refractivity contribution >= 4 is 34.9 Å². The molecule has 9 heteroatoms. The molecule has 4 aromatic rings. The number of amides is 2. The second kappa shape index (κ2) is 12.7. The summed E-state index contributed by atoms with van der Waals surface area (Å²) in [5.74, 6) is 0.945. The number of nitrogens with zero attached hydrogens (tertiary/aromatic N) is 2. The van der Waals surface area contributed by atoms with Crippen molar-refractivity contribution in [2.24, 2.45) is 0 Å². The van der Waals surface area contributed by atoms with Crippen LogP contribution in [0.25, 0.3) is 11.1 Å². The minimum Gasteiger partial charge on any atom is -0.484 e. The van der Waals surface area contributed by atoms with E-state index in [4.69, 9.17) is 16.3 Å². The lowest BCUT2D eigenvalue weighted by Crippen LogP contribution is -2.28. The van der Waals surface area contributed by atoms with E-state index in [2.05, 4.69) is 15.6 Å². The molecule has 0 saturated carbocycles. The van der Waals surface area contributed by atoms with Gasteiger partial charge in [0, 0.05) is 48.6 Å². The molecule has 3 heterocycles. The summed E-state index contributed by atoms with van der Waals surface area (Å²) in [5, 5.41) is 6.59. The van der Waals surface area contributed by atoms with Crippen molar-refractivity contribution < 1.29 is 18.7 Å². The Hall–Kier alpha value is -4.69. The molecule has 0 bridgehead atoms. The Labute approximate surface area is 254 Å². The number of hydrogen-bond acceptors (Lipinski definition) is 5. The second-order valence-corrected chi connectivity index (χ2v) is 11.0. The number of rotatable bonds is 8. The van der Waals surface area contributed by atoms with Crippen molar-refractivity contribution in [3.8, 4) is 16.9 Å². The summed E-state index contributed by atoms with van der Waals surface area (Å²) in [6.45, 7) is 0.941. The predicted octanol–water partition coefficient (Wildman–Crippen LogP) is 6.51. The van der Waals surface area contributed by atoms with Crippen molar-refractivity contribution in [3.63, 3.8) is 0 Å². The highest BCUT2D eigenvalue weighted by Gasteiger charge is 2.27. The van der Waals surface area contributed by atoms with Crippen LogP contribution in [0.4, 0.5) is 15.9 Å². The van der Waals surface area contributed by atoms with Gasteiger partial charge in [-0.1, -0.05) is 48.0 Å². The second-order valence-electron chi connectivity index (χ2n) is 10.6.